The normalized spacial score (nSPS) is 14.9. The lowest BCUT2D eigenvalue weighted by molar-refractivity contribution is 0.425. The summed E-state index contributed by atoms with van der Waals surface area (Å²) in [4.78, 5) is 0. The fraction of sp³-hybridized carbons (Fsp3) is 0.385. The highest BCUT2D eigenvalue weighted by Crippen LogP contribution is 2.25. The fourth-order valence-electron chi connectivity index (χ4n) is 1.70. The molecule has 0 saturated heterocycles. The predicted molar refractivity (Wildman–Crippen MR) is 66.9 cm³/mol. The minimum absolute atomic E-state index is 0.146. The van der Waals surface area contributed by atoms with Crippen molar-refractivity contribution in [1.82, 2.24) is 0 Å². The van der Waals surface area contributed by atoms with Crippen molar-refractivity contribution >= 4 is 12.6 Å². The maximum atomic E-state index is 5.70. The highest BCUT2D eigenvalue weighted by Gasteiger charge is 2.13. The van der Waals surface area contributed by atoms with E-state index in [0.29, 0.717) is 5.92 Å². The lowest BCUT2D eigenvalue weighted by atomic mass is 10.0. The van der Waals surface area contributed by atoms with E-state index in [2.05, 4.69) is 19.6 Å². The molecule has 2 aromatic heterocycles. The molecule has 0 spiro atoms. The fourth-order valence-corrected chi connectivity index (χ4v) is 1.84. The van der Waals surface area contributed by atoms with Gasteiger partial charge in [0.1, 0.15) is 17.3 Å². The van der Waals surface area contributed by atoms with Gasteiger partial charge in [0, 0.05) is 12.3 Å². The highest BCUT2D eigenvalue weighted by molar-refractivity contribution is 7.80. The van der Waals surface area contributed by atoms with Crippen LogP contribution in [0.5, 0.6) is 0 Å². The van der Waals surface area contributed by atoms with Crippen LogP contribution in [0.15, 0.2) is 39.4 Å². The monoisotopic (exact) mass is 236 g/mol. The van der Waals surface area contributed by atoms with E-state index < -0.39 is 0 Å². The molecule has 0 fully saturated rings. The summed E-state index contributed by atoms with van der Waals surface area (Å²) >= 11 is 4.34. The standard InChI is InChI=1S/C13H16O2S/c1-9(12-4-3-7-14-12)8-11-5-6-13(15-11)10(2)16/h3-7,9-10,16H,8H2,1-2H3. The van der Waals surface area contributed by atoms with Gasteiger partial charge in [0.25, 0.3) is 0 Å². The third kappa shape index (κ3) is 2.53. The average molecular weight is 236 g/mol. The minimum atomic E-state index is 0.146. The summed E-state index contributed by atoms with van der Waals surface area (Å²) in [5.74, 6) is 3.24. The molecule has 0 aliphatic carbocycles. The van der Waals surface area contributed by atoms with Crippen LogP contribution in [0.4, 0.5) is 0 Å². The van der Waals surface area contributed by atoms with Gasteiger partial charge in [-0.05, 0) is 31.2 Å². The Morgan fingerprint density at radius 3 is 2.56 bits per heavy atom. The lowest BCUT2D eigenvalue weighted by Gasteiger charge is -2.06. The molecule has 2 atom stereocenters. The maximum absolute atomic E-state index is 5.70. The van der Waals surface area contributed by atoms with E-state index in [1.165, 1.54) is 0 Å². The average Bonchev–Trinajstić information content (AvgIpc) is 2.87. The molecule has 0 aliphatic heterocycles. The van der Waals surface area contributed by atoms with Crippen LogP contribution in [0, 0.1) is 0 Å². The van der Waals surface area contributed by atoms with Crippen LogP contribution in [0.3, 0.4) is 0 Å². The van der Waals surface area contributed by atoms with Crippen molar-refractivity contribution in [3.8, 4) is 0 Å². The van der Waals surface area contributed by atoms with Gasteiger partial charge in [0.15, 0.2) is 0 Å². The summed E-state index contributed by atoms with van der Waals surface area (Å²) in [6.07, 6.45) is 2.56. The summed E-state index contributed by atoms with van der Waals surface area (Å²) in [7, 11) is 0. The number of furan rings is 2. The summed E-state index contributed by atoms with van der Waals surface area (Å²) < 4.78 is 11.1. The molecule has 0 aromatic carbocycles. The Bertz CT molecular complexity index is 428. The molecule has 86 valence electrons. The van der Waals surface area contributed by atoms with Gasteiger partial charge < -0.3 is 8.83 Å². The minimum Gasteiger partial charge on any atom is -0.469 e. The third-order valence-electron chi connectivity index (χ3n) is 2.63. The Labute approximate surface area is 101 Å². The molecule has 0 saturated carbocycles. The second kappa shape index (κ2) is 4.83. The molecule has 2 unspecified atom stereocenters. The predicted octanol–water partition coefficient (Wildman–Crippen LogP) is 4.21. The number of thiol groups is 1. The van der Waals surface area contributed by atoms with Crippen LogP contribution in [-0.2, 0) is 6.42 Å². The molecule has 0 N–H and O–H groups in total. The van der Waals surface area contributed by atoms with Gasteiger partial charge in [0.2, 0.25) is 0 Å². The van der Waals surface area contributed by atoms with Gasteiger partial charge in [-0.3, -0.25) is 0 Å². The quantitative estimate of drug-likeness (QED) is 0.805. The Kier molecular flexibility index (Phi) is 3.44. The van der Waals surface area contributed by atoms with Crippen molar-refractivity contribution in [2.45, 2.75) is 31.4 Å². The SMILES string of the molecule is CC(S)c1ccc(CC(C)c2ccco2)o1. The van der Waals surface area contributed by atoms with Crippen LogP contribution < -0.4 is 0 Å². The number of hydrogen-bond donors (Lipinski definition) is 1. The van der Waals surface area contributed by atoms with E-state index in [1.807, 2.05) is 31.2 Å². The smallest absolute Gasteiger partial charge is 0.116 e. The maximum Gasteiger partial charge on any atom is 0.116 e. The van der Waals surface area contributed by atoms with Crippen LogP contribution in [0.25, 0.3) is 0 Å². The van der Waals surface area contributed by atoms with Crippen LogP contribution in [0.1, 0.15) is 42.3 Å². The first-order valence-electron chi connectivity index (χ1n) is 5.47. The molecule has 2 rings (SSSR count). The molecule has 0 amide bonds. The molecule has 0 bridgehead atoms. The summed E-state index contributed by atoms with van der Waals surface area (Å²) in [6.45, 7) is 4.13. The van der Waals surface area contributed by atoms with Crippen LogP contribution in [0.2, 0.25) is 0 Å². The van der Waals surface area contributed by atoms with Gasteiger partial charge in [-0.1, -0.05) is 6.92 Å². The molecule has 2 heterocycles. The van der Waals surface area contributed by atoms with Crippen molar-refractivity contribution in [3.05, 3.63) is 47.8 Å². The zero-order chi connectivity index (χ0) is 11.5. The van der Waals surface area contributed by atoms with Crippen molar-refractivity contribution in [3.63, 3.8) is 0 Å². The molecule has 16 heavy (non-hydrogen) atoms. The molecular formula is C13H16O2S. The Hall–Kier alpha value is -1.09. The third-order valence-corrected chi connectivity index (χ3v) is 2.88. The van der Waals surface area contributed by atoms with Crippen LogP contribution >= 0.6 is 12.6 Å². The number of hydrogen-bond acceptors (Lipinski definition) is 3. The summed E-state index contributed by atoms with van der Waals surface area (Å²) in [5.41, 5.74) is 0. The lowest BCUT2D eigenvalue weighted by Crippen LogP contribution is -1.95. The van der Waals surface area contributed by atoms with Gasteiger partial charge in [0.05, 0.1) is 11.5 Å². The molecule has 3 heteroatoms. The van der Waals surface area contributed by atoms with E-state index in [9.17, 15) is 0 Å². The second-order valence-electron chi connectivity index (χ2n) is 4.10. The Morgan fingerprint density at radius 2 is 2.00 bits per heavy atom. The van der Waals surface area contributed by atoms with Crippen molar-refractivity contribution in [2.24, 2.45) is 0 Å². The largest absolute Gasteiger partial charge is 0.469 e. The molecule has 2 aromatic rings. The first-order valence-corrected chi connectivity index (χ1v) is 5.98. The Balaban J connectivity index is 2.03. The molecule has 0 radical (unpaired) electrons. The molecule has 0 aliphatic rings. The topological polar surface area (TPSA) is 26.3 Å². The van der Waals surface area contributed by atoms with Crippen LogP contribution in [-0.4, -0.2) is 0 Å². The highest BCUT2D eigenvalue weighted by atomic mass is 32.1. The van der Waals surface area contributed by atoms with E-state index in [0.717, 1.165) is 23.7 Å². The summed E-state index contributed by atoms with van der Waals surface area (Å²) in [5, 5.41) is 0.146. The summed E-state index contributed by atoms with van der Waals surface area (Å²) in [6, 6.07) is 7.91. The van der Waals surface area contributed by atoms with E-state index in [1.54, 1.807) is 6.26 Å². The van der Waals surface area contributed by atoms with Gasteiger partial charge in [-0.2, -0.15) is 12.6 Å². The van der Waals surface area contributed by atoms with Crippen molar-refractivity contribution in [2.75, 3.05) is 0 Å². The van der Waals surface area contributed by atoms with E-state index in [-0.39, 0.29) is 5.25 Å². The van der Waals surface area contributed by atoms with Gasteiger partial charge >= 0.3 is 0 Å². The van der Waals surface area contributed by atoms with E-state index in [4.69, 9.17) is 8.83 Å². The molecule has 2 nitrogen and oxygen atoms in total. The van der Waals surface area contributed by atoms with E-state index >= 15 is 0 Å². The first-order chi connectivity index (χ1) is 7.66. The van der Waals surface area contributed by atoms with Gasteiger partial charge in [-0.25, -0.2) is 0 Å². The van der Waals surface area contributed by atoms with Crippen molar-refractivity contribution in [1.29, 1.82) is 0 Å². The van der Waals surface area contributed by atoms with Crippen molar-refractivity contribution < 1.29 is 8.83 Å². The van der Waals surface area contributed by atoms with Gasteiger partial charge in [-0.15, -0.1) is 0 Å². The second-order valence-corrected chi connectivity index (χ2v) is 4.88. The Morgan fingerprint density at radius 1 is 1.19 bits per heavy atom. The number of rotatable bonds is 4. The molecular weight excluding hydrogens is 220 g/mol. The zero-order valence-electron chi connectivity index (χ0n) is 9.51. The first kappa shape index (κ1) is 11.4. The zero-order valence-corrected chi connectivity index (χ0v) is 10.4.